The zero-order chi connectivity index (χ0) is 13.2. The number of nitrogens with zero attached hydrogens (tertiary/aromatic N) is 2. The summed E-state index contributed by atoms with van der Waals surface area (Å²) in [5, 5.41) is 0. The predicted octanol–water partition coefficient (Wildman–Crippen LogP) is 1.94. The van der Waals surface area contributed by atoms with E-state index < -0.39 is 11.8 Å². The number of halogens is 2. The maximum absolute atomic E-state index is 13.0. The van der Waals surface area contributed by atoms with Gasteiger partial charge in [-0.2, -0.15) is 0 Å². The van der Waals surface area contributed by atoms with Crippen LogP contribution in [0.4, 0.5) is 8.78 Å². The van der Waals surface area contributed by atoms with Crippen LogP contribution in [0, 0.1) is 5.92 Å². The number of amides is 1. The highest BCUT2D eigenvalue weighted by Gasteiger charge is 2.34. The average molecular weight is 255 g/mol. The van der Waals surface area contributed by atoms with Gasteiger partial charge in [0, 0.05) is 25.2 Å². The molecule has 1 aromatic heterocycles. The van der Waals surface area contributed by atoms with Crippen LogP contribution in [0.1, 0.15) is 41.9 Å². The first-order chi connectivity index (χ1) is 8.46. The van der Waals surface area contributed by atoms with Crippen molar-refractivity contribution in [2.24, 2.45) is 11.7 Å². The lowest BCUT2D eigenvalue weighted by Crippen LogP contribution is -2.25. The summed E-state index contributed by atoms with van der Waals surface area (Å²) >= 11 is 0. The Labute approximate surface area is 104 Å². The number of rotatable bonds is 3. The van der Waals surface area contributed by atoms with Crippen molar-refractivity contribution in [2.75, 3.05) is 0 Å². The van der Waals surface area contributed by atoms with Gasteiger partial charge in [-0.3, -0.25) is 4.79 Å². The van der Waals surface area contributed by atoms with Crippen LogP contribution in [0.2, 0.25) is 0 Å². The van der Waals surface area contributed by atoms with E-state index in [1.165, 1.54) is 0 Å². The Morgan fingerprint density at radius 2 is 1.89 bits per heavy atom. The Kier molecular flexibility index (Phi) is 3.54. The minimum Gasteiger partial charge on any atom is -0.363 e. The molecule has 4 nitrogen and oxygen atoms in total. The first kappa shape index (κ1) is 12.9. The van der Waals surface area contributed by atoms with Crippen molar-refractivity contribution in [3.8, 4) is 0 Å². The lowest BCUT2D eigenvalue weighted by Gasteiger charge is -2.28. The fourth-order valence-electron chi connectivity index (χ4n) is 2.22. The number of alkyl halides is 2. The molecule has 0 unspecified atom stereocenters. The van der Waals surface area contributed by atoms with Crippen LogP contribution in [-0.2, 0) is 6.42 Å². The van der Waals surface area contributed by atoms with Crippen molar-refractivity contribution >= 4 is 5.91 Å². The van der Waals surface area contributed by atoms with Gasteiger partial charge in [0.05, 0.1) is 0 Å². The van der Waals surface area contributed by atoms with Crippen LogP contribution >= 0.6 is 0 Å². The molecule has 1 aliphatic carbocycles. The van der Waals surface area contributed by atoms with Crippen LogP contribution in [0.3, 0.4) is 0 Å². The van der Waals surface area contributed by atoms with Crippen molar-refractivity contribution < 1.29 is 13.6 Å². The number of primary amides is 1. The summed E-state index contributed by atoms with van der Waals surface area (Å²) in [7, 11) is 0. The van der Waals surface area contributed by atoms with Gasteiger partial charge in [0.1, 0.15) is 0 Å². The molecule has 0 saturated heterocycles. The van der Waals surface area contributed by atoms with E-state index in [9.17, 15) is 13.6 Å². The molecule has 98 valence electrons. The first-order valence-electron chi connectivity index (χ1n) is 5.95. The van der Waals surface area contributed by atoms with Crippen molar-refractivity contribution in [3.63, 3.8) is 0 Å². The molecule has 0 aliphatic heterocycles. The Morgan fingerprint density at radius 3 is 2.39 bits per heavy atom. The van der Waals surface area contributed by atoms with E-state index in [0.29, 0.717) is 19.3 Å². The number of carbonyl (C=O) groups excluding carboxylic acids is 1. The van der Waals surface area contributed by atoms with Crippen LogP contribution in [-0.4, -0.2) is 21.8 Å². The van der Waals surface area contributed by atoms with Crippen LogP contribution in [0.5, 0.6) is 0 Å². The second kappa shape index (κ2) is 4.96. The van der Waals surface area contributed by atoms with E-state index in [1.54, 1.807) is 12.4 Å². The van der Waals surface area contributed by atoms with Crippen LogP contribution < -0.4 is 5.73 Å². The SMILES string of the molecule is NC(=O)c1ncc(CC2CCC(F)(F)CC2)cn1. The van der Waals surface area contributed by atoms with Gasteiger partial charge in [0.25, 0.3) is 5.91 Å². The molecule has 1 aliphatic rings. The molecule has 0 atom stereocenters. The summed E-state index contributed by atoms with van der Waals surface area (Å²) in [4.78, 5) is 18.5. The number of hydrogen-bond acceptors (Lipinski definition) is 3. The third kappa shape index (κ3) is 3.21. The number of hydrogen-bond donors (Lipinski definition) is 1. The second-order valence-corrected chi connectivity index (χ2v) is 4.78. The standard InChI is InChI=1S/C12H15F2N3O/c13-12(14)3-1-8(2-4-12)5-9-6-16-11(10(15)18)17-7-9/h6-8H,1-5H2,(H2,15,18). The topological polar surface area (TPSA) is 68.9 Å². The zero-order valence-electron chi connectivity index (χ0n) is 9.90. The summed E-state index contributed by atoms with van der Waals surface area (Å²) < 4.78 is 26.0. The summed E-state index contributed by atoms with van der Waals surface area (Å²) in [6.07, 6.45) is 4.71. The Morgan fingerprint density at radius 1 is 1.33 bits per heavy atom. The Bertz CT molecular complexity index is 423. The van der Waals surface area contributed by atoms with Gasteiger partial charge >= 0.3 is 0 Å². The quantitative estimate of drug-likeness (QED) is 0.897. The molecule has 2 rings (SSSR count). The molecule has 1 fully saturated rings. The average Bonchev–Trinajstić information content (AvgIpc) is 2.33. The van der Waals surface area contributed by atoms with Crippen LogP contribution in [0.15, 0.2) is 12.4 Å². The molecule has 1 amide bonds. The smallest absolute Gasteiger partial charge is 0.286 e. The third-order valence-electron chi connectivity index (χ3n) is 3.29. The van der Waals surface area contributed by atoms with Crippen molar-refractivity contribution in [3.05, 3.63) is 23.8 Å². The van der Waals surface area contributed by atoms with Gasteiger partial charge in [-0.05, 0) is 30.7 Å². The van der Waals surface area contributed by atoms with Gasteiger partial charge in [0.15, 0.2) is 0 Å². The summed E-state index contributed by atoms with van der Waals surface area (Å²) in [5.74, 6) is -2.94. The normalized spacial score (nSPS) is 19.7. The number of aromatic nitrogens is 2. The molecule has 18 heavy (non-hydrogen) atoms. The molecule has 1 saturated carbocycles. The van der Waals surface area contributed by atoms with Crippen molar-refractivity contribution in [1.82, 2.24) is 9.97 Å². The minimum absolute atomic E-state index is 0.0195. The molecule has 0 radical (unpaired) electrons. The highest BCUT2D eigenvalue weighted by molar-refractivity contribution is 5.88. The molecule has 1 heterocycles. The largest absolute Gasteiger partial charge is 0.363 e. The van der Waals surface area contributed by atoms with Gasteiger partial charge in [-0.15, -0.1) is 0 Å². The summed E-state index contributed by atoms with van der Waals surface area (Å²) in [6.45, 7) is 0. The lowest BCUT2D eigenvalue weighted by atomic mass is 9.83. The Balaban J connectivity index is 1.92. The van der Waals surface area contributed by atoms with Gasteiger partial charge in [-0.1, -0.05) is 0 Å². The highest BCUT2D eigenvalue weighted by atomic mass is 19.3. The maximum atomic E-state index is 13.0. The van der Waals surface area contributed by atoms with E-state index in [4.69, 9.17) is 5.73 Å². The minimum atomic E-state index is -2.50. The van der Waals surface area contributed by atoms with E-state index in [2.05, 4.69) is 9.97 Å². The van der Waals surface area contributed by atoms with E-state index in [1.807, 2.05) is 0 Å². The lowest BCUT2D eigenvalue weighted by molar-refractivity contribution is -0.0456. The summed E-state index contributed by atoms with van der Waals surface area (Å²) in [5.41, 5.74) is 5.89. The van der Waals surface area contributed by atoms with Gasteiger partial charge in [-0.25, -0.2) is 18.7 Å². The van der Waals surface area contributed by atoms with Crippen molar-refractivity contribution in [1.29, 1.82) is 0 Å². The predicted molar refractivity (Wildman–Crippen MR) is 61.2 cm³/mol. The molecule has 2 N–H and O–H groups in total. The van der Waals surface area contributed by atoms with Crippen LogP contribution in [0.25, 0.3) is 0 Å². The monoisotopic (exact) mass is 255 g/mol. The van der Waals surface area contributed by atoms with E-state index in [-0.39, 0.29) is 24.6 Å². The fourth-order valence-corrected chi connectivity index (χ4v) is 2.22. The second-order valence-electron chi connectivity index (χ2n) is 4.78. The highest BCUT2D eigenvalue weighted by Crippen LogP contribution is 2.37. The molecule has 0 aromatic carbocycles. The molecular weight excluding hydrogens is 240 g/mol. The van der Waals surface area contributed by atoms with Gasteiger partial charge in [0.2, 0.25) is 11.7 Å². The number of carbonyl (C=O) groups is 1. The molecular formula is C12H15F2N3O. The molecule has 1 aromatic rings. The van der Waals surface area contributed by atoms with Gasteiger partial charge < -0.3 is 5.73 Å². The first-order valence-corrected chi connectivity index (χ1v) is 5.95. The Hall–Kier alpha value is -1.59. The fraction of sp³-hybridized carbons (Fsp3) is 0.583. The third-order valence-corrected chi connectivity index (χ3v) is 3.29. The van der Waals surface area contributed by atoms with E-state index >= 15 is 0 Å². The zero-order valence-corrected chi connectivity index (χ0v) is 9.90. The van der Waals surface area contributed by atoms with E-state index in [0.717, 1.165) is 5.56 Å². The molecule has 6 heteroatoms. The molecule has 0 spiro atoms. The molecule has 0 bridgehead atoms. The number of nitrogens with two attached hydrogens (primary N) is 1. The summed E-state index contributed by atoms with van der Waals surface area (Å²) in [6, 6.07) is 0. The van der Waals surface area contributed by atoms with Crippen molar-refractivity contribution in [2.45, 2.75) is 38.0 Å². The maximum Gasteiger partial charge on any atom is 0.286 e.